The highest BCUT2D eigenvalue weighted by Crippen LogP contribution is 2.14. The molecule has 0 radical (unpaired) electrons. The number of hydrogen-bond donors (Lipinski definition) is 1. The molecule has 0 saturated heterocycles. The topological polar surface area (TPSA) is 36.9 Å². The van der Waals surface area contributed by atoms with Gasteiger partial charge in [0.1, 0.15) is 23.9 Å². The summed E-state index contributed by atoms with van der Waals surface area (Å²) in [7, 11) is 0. The van der Waals surface area contributed by atoms with Gasteiger partial charge in [-0.1, -0.05) is 12.1 Å². The van der Waals surface area contributed by atoms with E-state index in [2.05, 4.69) is 5.73 Å². The highest BCUT2D eigenvalue weighted by Gasteiger charge is 1.98. The summed E-state index contributed by atoms with van der Waals surface area (Å²) >= 11 is 0. The van der Waals surface area contributed by atoms with Gasteiger partial charge in [0, 0.05) is 12.1 Å². The summed E-state index contributed by atoms with van der Waals surface area (Å²) in [6.45, 7) is 0.369. The van der Waals surface area contributed by atoms with Crippen LogP contribution in [0.25, 0.3) is 0 Å². The molecular formula is C13H13FNO+. The number of quaternary nitrogens is 1. The highest BCUT2D eigenvalue weighted by molar-refractivity contribution is 5.34. The van der Waals surface area contributed by atoms with Crippen LogP contribution in [0.3, 0.4) is 0 Å². The molecule has 0 fully saturated rings. The monoisotopic (exact) mass is 218 g/mol. The van der Waals surface area contributed by atoms with E-state index in [1.54, 1.807) is 6.07 Å². The Morgan fingerprint density at radius 3 is 2.50 bits per heavy atom. The van der Waals surface area contributed by atoms with Crippen LogP contribution in [0.15, 0.2) is 48.5 Å². The number of rotatable bonds is 3. The van der Waals surface area contributed by atoms with Crippen LogP contribution in [-0.4, -0.2) is 0 Å². The van der Waals surface area contributed by atoms with Gasteiger partial charge >= 0.3 is 0 Å². The molecule has 0 bridgehead atoms. The minimum absolute atomic E-state index is 0.241. The molecule has 2 aromatic rings. The molecule has 16 heavy (non-hydrogen) atoms. The summed E-state index contributed by atoms with van der Waals surface area (Å²) in [5.41, 5.74) is 5.55. The first kappa shape index (κ1) is 10.6. The number of halogens is 1. The molecule has 2 aromatic carbocycles. The number of hydrogen-bond acceptors (Lipinski definition) is 1. The lowest BCUT2D eigenvalue weighted by Crippen LogP contribution is -2.39. The summed E-state index contributed by atoms with van der Waals surface area (Å²) in [4.78, 5) is 0. The molecule has 0 spiro atoms. The molecule has 0 aliphatic rings. The number of benzene rings is 2. The quantitative estimate of drug-likeness (QED) is 0.843. The zero-order valence-electron chi connectivity index (χ0n) is 8.82. The van der Waals surface area contributed by atoms with Crippen molar-refractivity contribution in [3.63, 3.8) is 0 Å². The zero-order valence-corrected chi connectivity index (χ0v) is 8.82. The zero-order chi connectivity index (χ0) is 11.4. The fraction of sp³-hybridized carbons (Fsp3) is 0.0769. The molecule has 0 heterocycles. The van der Waals surface area contributed by atoms with Crippen LogP contribution in [0, 0.1) is 5.82 Å². The van der Waals surface area contributed by atoms with Crippen LogP contribution in [0.1, 0.15) is 5.56 Å². The Balaban J connectivity index is 1.99. The van der Waals surface area contributed by atoms with Gasteiger partial charge in [-0.3, -0.25) is 0 Å². The maximum atomic E-state index is 12.9. The van der Waals surface area contributed by atoms with E-state index >= 15 is 0 Å². The fourth-order valence-electron chi connectivity index (χ4n) is 1.38. The molecule has 0 aliphatic carbocycles. The van der Waals surface area contributed by atoms with Crippen molar-refractivity contribution in [2.45, 2.75) is 6.61 Å². The summed E-state index contributed by atoms with van der Waals surface area (Å²) in [6, 6.07) is 13.8. The minimum atomic E-state index is -0.241. The van der Waals surface area contributed by atoms with Gasteiger partial charge in [-0.2, -0.15) is 0 Å². The van der Waals surface area contributed by atoms with Crippen LogP contribution in [0.4, 0.5) is 10.1 Å². The van der Waals surface area contributed by atoms with E-state index < -0.39 is 0 Å². The largest absolute Gasteiger partial charge is 0.489 e. The lowest BCUT2D eigenvalue weighted by atomic mass is 10.2. The molecule has 2 nitrogen and oxygen atoms in total. The van der Waals surface area contributed by atoms with E-state index in [0.717, 1.165) is 17.0 Å². The molecular weight excluding hydrogens is 205 g/mol. The van der Waals surface area contributed by atoms with Crippen molar-refractivity contribution in [3.05, 3.63) is 59.9 Å². The Labute approximate surface area is 93.5 Å². The van der Waals surface area contributed by atoms with Gasteiger partial charge in [-0.05, 0) is 29.8 Å². The van der Waals surface area contributed by atoms with E-state index in [0.29, 0.717) is 6.61 Å². The van der Waals surface area contributed by atoms with Crippen molar-refractivity contribution in [2.24, 2.45) is 0 Å². The molecule has 0 unspecified atom stereocenters. The fourth-order valence-corrected chi connectivity index (χ4v) is 1.38. The van der Waals surface area contributed by atoms with E-state index in [9.17, 15) is 4.39 Å². The normalized spacial score (nSPS) is 10.1. The molecule has 3 heteroatoms. The van der Waals surface area contributed by atoms with Gasteiger partial charge in [0.05, 0.1) is 0 Å². The average Bonchev–Trinajstić information content (AvgIpc) is 2.28. The molecule has 0 saturated carbocycles. The summed E-state index contributed by atoms with van der Waals surface area (Å²) in [6.07, 6.45) is 0. The van der Waals surface area contributed by atoms with E-state index in [1.165, 1.54) is 12.1 Å². The van der Waals surface area contributed by atoms with E-state index in [-0.39, 0.29) is 5.82 Å². The highest BCUT2D eigenvalue weighted by atomic mass is 19.1. The molecule has 82 valence electrons. The Hall–Kier alpha value is -1.87. The lowest BCUT2D eigenvalue weighted by molar-refractivity contribution is -0.254. The molecule has 0 aromatic heterocycles. The second-order valence-corrected chi connectivity index (χ2v) is 3.56. The van der Waals surface area contributed by atoms with Crippen LogP contribution >= 0.6 is 0 Å². The second-order valence-electron chi connectivity index (χ2n) is 3.56. The number of ether oxygens (including phenoxy) is 1. The predicted octanol–water partition coefficient (Wildman–Crippen LogP) is 2.28. The Bertz CT molecular complexity index is 468. The standard InChI is InChI=1S/C13H12FNO/c14-11-3-1-2-10(8-11)9-16-13-6-4-12(15)5-7-13/h1-8H,9,15H2/p+1. The summed E-state index contributed by atoms with van der Waals surface area (Å²) in [5, 5.41) is 0. The third-order valence-electron chi connectivity index (χ3n) is 2.22. The van der Waals surface area contributed by atoms with Gasteiger partial charge in [0.2, 0.25) is 0 Å². The Morgan fingerprint density at radius 2 is 1.81 bits per heavy atom. The smallest absolute Gasteiger partial charge is 0.128 e. The summed E-state index contributed by atoms with van der Waals surface area (Å²) in [5.74, 6) is 0.519. The van der Waals surface area contributed by atoms with E-state index in [1.807, 2.05) is 30.3 Å². The predicted molar refractivity (Wildman–Crippen MR) is 59.7 cm³/mol. The van der Waals surface area contributed by atoms with Crippen molar-refractivity contribution in [1.82, 2.24) is 0 Å². The molecule has 0 aliphatic heterocycles. The van der Waals surface area contributed by atoms with Crippen LogP contribution < -0.4 is 10.5 Å². The Morgan fingerprint density at radius 1 is 1.06 bits per heavy atom. The molecule has 3 N–H and O–H groups in total. The van der Waals surface area contributed by atoms with Gasteiger partial charge in [-0.25, -0.2) is 4.39 Å². The first-order valence-corrected chi connectivity index (χ1v) is 5.03. The van der Waals surface area contributed by atoms with Gasteiger partial charge in [0.25, 0.3) is 0 Å². The van der Waals surface area contributed by atoms with Crippen molar-refractivity contribution >= 4 is 5.69 Å². The SMILES string of the molecule is [NH3+]c1ccc(OCc2cccc(F)c2)cc1. The third-order valence-corrected chi connectivity index (χ3v) is 2.22. The third kappa shape index (κ3) is 2.81. The van der Waals surface area contributed by atoms with E-state index in [4.69, 9.17) is 4.74 Å². The maximum absolute atomic E-state index is 12.9. The van der Waals surface area contributed by atoms with Crippen molar-refractivity contribution in [3.8, 4) is 5.75 Å². The van der Waals surface area contributed by atoms with Crippen molar-refractivity contribution < 1.29 is 14.9 Å². The van der Waals surface area contributed by atoms with Crippen LogP contribution in [0.2, 0.25) is 0 Å². The van der Waals surface area contributed by atoms with Gasteiger partial charge in [0.15, 0.2) is 0 Å². The van der Waals surface area contributed by atoms with Crippen molar-refractivity contribution in [1.29, 1.82) is 0 Å². The molecule has 0 atom stereocenters. The van der Waals surface area contributed by atoms with Gasteiger partial charge in [-0.15, -0.1) is 0 Å². The average molecular weight is 218 g/mol. The lowest BCUT2D eigenvalue weighted by Gasteiger charge is -2.05. The van der Waals surface area contributed by atoms with Crippen molar-refractivity contribution in [2.75, 3.05) is 0 Å². The second kappa shape index (κ2) is 4.77. The summed E-state index contributed by atoms with van der Waals surface area (Å²) < 4.78 is 18.4. The van der Waals surface area contributed by atoms with Crippen LogP contribution in [0.5, 0.6) is 5.75 Å². The van der Waals surface area contributed by atoms with Gasteiger partial charge < -0.3 is 10.5 Å². The molecule has 2 rings (SSSR count). The first-order chi connectivity index (χ1) is 7.74. The Kier molecular flexibility index (Phi) is 3.17. The first-order valence-electron chi connectivity index (χ1n) is 5.03. The minimum Gasteiger partial charge on any atom is -0.489 e. The molecule has 0 amide bonds. The maximum Gasteiger partial charge on any atom is 0.128 e. The van der Waals surface area contributed by atoms with Crippen LogP contribution in [-0.2, 0) is 6.61 Å².